The van der Waals surface area contributed by atoms with Crippen LogP contribution in [0.1, 0.15) is 58.8 Å². The highest BCUT2D eigenvalue weighted by Gasteiger charge is 2.35. The number of aliphatic hydroxyl groups is 1. The van der Waals surface area contributed by atoms with Gasteiger partial charge in [0.05, 0.1) is 6.61 Å². The summed E-state index contributed by atoms with van der Waals surface area (Å²) in [5.74, 6) is 0.992. The maximum Gasteiger partial charge on any atom is 0.0610 e. The molecule has 1 saturated carbocycles. The second-order valence-corrected chi connectivity index (χ2v) is 6.79. The standard InChI is InChI=1S/C16H32N2O/c1-3-17-16(2,13-19)10-6-11-18-12-9-14-7-4-5-8-15(14)18/h14-15,17,19H,3-13H2,1-2H3. The first kappa shape index (κ1) is 15.3. The molecule has 1 aliphatic carbocycles. The average molecular weight is 268 g/mol. The summed E-state index contributed by atoms with van der Waals surface area (Å²) in [5, 5.41) is 12.9. The second-order valence-electron chi connectivity index (χ2n) is 6.79. The molecule has 19 heavy (non-hydrogen) atoms. The highest BCUT2D eigenvalue weighted by molar-refractivity contribution is 4.90. The van der Waals surface area contributed by atoms with E-state index in [1.807, 2.05) is 0 Å². The number of hydrogen-bond donors (Lipinski definition) is 2. The predicted octanol–water partition coefficient (Wildman–Crippen LogP) is 2.39. The number of rotatable bonds is 7. The molecule has 0 spiro atoms. The molecular formula is C16H32N2O. The molecule has 112 valence electrons. The van der Waals surface area contributed by atoms with Gasteiger partial charge in [-0.05, 0) is 64.6 Å². The van der Waals surface area contributed by atoms with E-state index in [1.165, 1.54) is 51.6 Å². The Hall–Kier alpha value is -0.120. The first-order valence-corrected chi connectivity index (χ1v) is 8.28. The van der Waals surface area contributed by atoms with E-state index in [9.17, 15) is 5.11 Å². The molecule has 2 fully saturated rings. The van der Waals surface area contributed by atoms with Gasteiger partial charge in [-0.2, -0.15) is 0 Å². The number of aliphatic hydroxyl groups excluding tert-OH is 1. The Bertz CT molecular complexity index is 271. The summed E-state index contributed by atoms with van der Waals surface area (Å²) in [6.07, 6.45) is 9.48. The topological polar surface area (TPSA) is 35.5 Å². The molecule has 0 bridgehead atoms. The summed E-state index contributed by atoms with van der Waals surface area (Å²) < 4.78 is 0. The third-order valence-corrected chi connectivity index (χ3v) is 5.25. The maximum absolute atomic E-state index is 9.52. The van der Waals surface area contributed by atoms with Crippen molar-refractivity contribution in [1.29, 1.82) is 0 Å². The molecule has 0 aromatic rings. The molecule has 0 radical (unpaired) electrons. The first-order chi connectivity index (χ1) is 9.18. The molecule has 3 atom stereocenters. The van der Waals surface area contributed by atoms with Crippen molar-refractivity contribution < 1.29 is 5.11 Å². The minimum atomic E-state index is -0.0829. The fourth-order valence-corrected chi connectivity index (χ4v) is 4.10. The van der Waals surface area contributed by atoms with Crippen LogP contribution in [0.25, 0.3) is 0 Å². The van der Waals surface area contributed by atoms with Crippen molar-refractivity contribution in [2.45, 2.75) is 70.4 Å². The molecule has 3 nitrogen and oxygen atoms in total. The minimum Gasteiger partial charge on any atom is -0.394 e. The fourth-order valence-electron chi connectivity index (χ4n) is 4.10. The minimum absolute atomic E-state index is 0.0829. The van der Waals surface area contributed by atoms with Gasteiger partial charge in [0.1, 0.15) is 0 Å². The molecule has 1 aliphatic heterocycles. The van der Waals surface area contributed by atoms with E-state index in [-0.39, 0.29) is 12.1 Å². The Morgan fingerprint density at radius 1 is 1.26 bits per heavy atom. The molecule has 1 saturated heterocycles. The van der Waals surface area contributed by atoms with Crippen molar-refractivity contribution in [3.8, 4) is 0 Å². The molecule has 3 unspecified atom stereocenters. The van der Waals surface area contributed by atoms with Crippen LogP contribution in [0.5, 0.6) is 0 Å². The molecule has 2 aliphatic rings. The van der Waals surface area contributed by atoms with Gasteiger partial charge in [0.15, 0.2) is 0 Å². The third-order valence-electron chi connectivity index (χ3n) is 5.25. The molecular weight excluding hydrogens is 236 g/mol. The largest absolute Gasteiger partial charge is 0.394 e. The van der Waals surface area contributed by atoms with Crippen LogP contribution in [-0.2, 0) is 0 Å². The van der Waals surface area contributed by atoms with Crippen molar-refractivity contribution in [3.05, 3.63) is 0 Å². The Morgan fingerprint density at radius 3 is 2.79 bits per heavy atom. The van der Waals surface area contributed by atoms with E-state index in [0.29, 0.717) is 0 Å². The maximum atomic E-state index is 9.52. The number of likely N-dealkylation sites (tertiary alicyclic amines) is 1. The molecule has 2 N–H and O–H groups in total. The van der Waals surface area contributed by atoms with E-state index in [1.54, 1.807) is 0 Å². The quantitative estimate of drug-likeness (QED) is 0.744. The lowest BCUT2D eigenvalue weighted by molar-refractivity contribution is 0.146. The van der Waals surface area contributed by atoms with Gasteiger partial charge in [-0.25, -0.2) is 0 Å². The van der Waals surface area contributed by atoms with Crippen molar-refractivity contribution in [2.24, 2.45) is 5.92 Å². The van der Waals surface area contributed by atoms with Crippen molar-refractivity contribution in [1.82, 2.24) is 10.2 Å². The molecule has 3 heteroatoms. The monoisotopic (exact) mass is 268 g/mol. The predicted molar refractivity (Wildman–Crippen MR) is 80.3 cm³/mol. The lowest BCUT2D eigenvalue weighted by Gasteiger charge is -2.33. The van der Waals surface area contributed by atoms with Gasteiger partial charge >= 0.3 is 0 Å². The fraction of sp³-hybridized carbons (Fsp3) is 1.00. The Morgan fingerprint density at radius 2 is 2.05 bits per heavy atom. The summed E-state index contributed by atoms with van der Waals surface area (Å²) in [6.45, 7) is 7.97. The summed E-state index contributed by atoms with van der Waals surface area (Å²) in [5.41, 5.74) is -0.0829. The number of nitrogens with one attached hydrogen (secondary N) is 1. The van der Waals surface area contributed by atoms with Crippen molar-refractivity contribution >= 4 is 0 Å². The van der Waals surface area contributed by atoms with Crippen LogP contribution in [-0.4, -0.2) is 47.8 Å². The van der Waals surface area contributed by atoms with Crippen LogP contribution in [0.4, 0.5) is 0 Å². The number of hydrogen-bond acceptors (Lipinski definition) is 3. The van der Waals surface area contributed by atoms with Crippen LogP contribution in [0.2, 0.25) is 0 Å². The number of nitrogens with zero attached hydrogens (tertiary/aromatic N) is 1. The number of fused-ring (bicyclic) bond motifs is 1. The van der Waals surface area contributed by atoms with Crippen LogP contribution in [0.15, 0.2) is 0 Å². The Balaban J connectivity index is 1.73. The normalized spacial score (nSPS) is 31.1. The van der Waals surface area contributed by atoms with Crippen LogP contribution >= 0.6 is 0 Å². The second kappa shape index (κ2) is 7.05. The zero-order chi connectivity index (χ0) is 13.7. The third kappa shape index (κ3) is 3.93. The first-order valence-electron chi connectivity index (χ1n) is 8.28. The van der Waals surface area contributed by atoms with Crippen molar-refractivity contribution in [3.63, 3.8) is 0 Å². The van der Waals surface area contributed by atoms with E-state index in [2.05, 4.69) is 24.1 Å². The van der Waals surface area contributed by atoms with Crippen LogP contribution in [0, 0.1) is 5.92 Å². The smallest absolute Gasteiger partial charge is 0.0610 e. The molecule has 0 aromatic carbocycles. The number of likely N-dealkylation sites (N-methyl/N-ethyl adjacent to an activating group) is 1. The summed E-state index contributed by atoms with van der Waals surface area (Å²) >= 11 is 0. The van der Waals surface area contributed by atoms with Gasteiger partial charge in [0.2, 0.25) is 0 Å². The van der Waals surface area contributed by atoms with Crippen molar-refractivity contribution in [2.75, 3.05) is 26.2 Å². The SMILES string of the molecule is CCNC(C)(CO)CCCN1CCC2CCCCC21. The molecule has 1 heterocycles. The van der Waals surface area contributed by atoms with E-state index in [4.69, 9.17) is 0 Å². The molecule has 0 amide bonds. The highest BCUT2D eigenvalue weighted by atomic mass is 16.3. The van der Waals surface area contributed by atoms with Gasteiger partial charge in [-0.15, -0.1) is 0 Å². The van der Waals surface area contributed by atoms with Crippen LogP contribution in [0.3, 0.4) is 0 Å². The van der Waals surface area contributed by atoms with Gasteiger partial charge in [-0.1, -0.05) is 19.8 Å². The van der Waals surface area contributed by atoms with Gasteiger partial charge < -0.3 is 15.3 Å². The zero-order valence-corrected chi connectivity index (χ0v) is 12.8. The molecule has 2 rings (SSSR count). The van der Waals surface area contributed by atoms with Gasteiger partial charge in [-0.3, -0.25) is 0 Å². The van der Waals surface area contributed by atoms with Gasteiger partial charge in [0, 0.05) is 11.6 Å². The highest BCUT2D eigenvalue weighted by Crippen LogP contribution is 2.36. The summed E-state index contributed by atoms with van der Waals surface area (Å²) in [7, 11) is 0. The van der Waals surface area contributed by atoms with Gasteiger partial charge in [0.25, 0.3) is 0 Å². The zero-order valence-electron chi connectivity index (χ0n) is 12.8. The van der Waals surface area contributed by atoms with E-state index < -0.39 is 0 Å². The van der Waals surface area contributed by atoms with Crippen LogP contribution < -0.4 is 5.32 Å². The van der Waals surface area contributed by atoms with E-state index in [0.717, 1.165) is 24.9 Å². The summed E-state index contributed by atoms with van der Waals surface area (Å²) in [4.78, 5) is 2.73. The lowest BCUT2D eigenvalue weighted by Crippen LogP contribution is -2.46. The lowest BCUT2D eigenvalue weighted by atomic mass is 9.85. The molecule has 0 aromatic heterocycles. The Labute approximate surface area is 118 Å². The van der Waals surface area contributed by atoms with E-state index >= 15 is 0 Å². The Kier molecular flexibility index (Phi) is 5.67. The average Bonchev–Trinajstić information content (AvgIpc) is 2.83. The summed E-state index contributed by atoms with van der Waals surface area (Å²) in [6, 6.07) is 0.883.